The van der Waals surface area contributed by atoms with E-state index in [1.54, 1.807) is 11.6 Å². The second kappa shape index (κ2) is 5.49. The minimum absolute atomic E-state index is 0.341. The summed E-state index contributed by atoms with van der Waals surface area (Å²) >= 11 is 3.42. The quantitative estimate of drug-likeness (QED) is 0.641. The van der Waals surface area contributed by atoms with Crippen molar-refractivity contribution < 1.29 is 0 Å². The van der Waals surface area contributed by atoms with Gasteiger partial charge >= 0.3 is 5.69 Å². The molecular formula is C16H17BrN4O2. The summed E-state index contributed by atoms with van der Waals surface area (Å²) in [5.74, 6) is 0. The first-order valence-electron chi connectivity index (χ1n) is 7.19. The Morgan fingerprint density at radius 3 is 2.52 bits per heavy atom. The van der Waals surface area contributed by atoms with E-state index in [1.807, 2.05) is 13.8 Å². The molecule has 0 saturated heterocycles. The molecule has 0 aliphatic heterocycles. The van der Waals surface area contributed by atoms with E-state index in [0.29, 0.717) is 22.4 Å². The maximum Gasteiger partial charge on any atom is 0.332 e. The van der Waals surface area contributed by atoms with Gasteiger partial charge in [0.25, 0.3) is 5.56 Å². The molecule has 0 bridgehead atoms. The summed E-state index contributed by atoms with van der Waals surface area (Å²) in [6, 6.07) is 6.22. The molecule has 0 radical (unpaired) electrons. The molecule has 23 heavy (non-hydrogen) atoms. The molecule has 1 aromatic carbocycles. The highest BCUT2D eigenvalue weighted by atomic mass is 79.9. The second-order valence-corrected chi connectivity index (χ2v) is 6.48. The fourth-order valence-electron chi connectivity index (χ4n) is 2.71. The van der Waals surface area contributed by atoms with E-state index in [2.05, 4.69) is 39.1 Å². The Morgan fingerprint density at radius 1 is 1.13 bits per heavy atom. The van der Waals surface area contributed by atoms with E-state index >= 15 is 0 Å². The number of hydrogen-bond acceptors (Lipinski definition) is 3. The van der Waals surface area contributed by atoms with Gasteiger partial charge in [-0.3, -0.25) is 13.9 Å². The molecule has 0 saturated carbocycles. The monoisotopic (exact) mass is 376 g/mol. The maximum absolute atomic E-state index is 12.5. The largest absolute Gasteiger partial charge is 0.332 e. The Kier molecular flexibility index (Phi) is 3.75. The van der Waals surface area contributed by atoms with Crippen LogP contribution in [0.3, 0.4) is 0 Å². The summed E-state index contributed by atoms with van der Waals surface area (Å²) in [5, 5.41) is 0. The molecule has 120 valence electrons. The van der Waals surface area contributed by atoms with Crippen LogP contribution < -0.4 is 11.2 Å². The summed E-state index contributed by atoms with van der Waals surface area (Å²) in [7, 11) is 3.10. The lowest BCUT2D eigenvalue weighted by Gasteiger charge is -2.10. The number of aryl methyl sites for hydroxylation is 3. The highest BCUT2D eigenvalue weighted by Crippen LogP contribution is 2.20. The molecule has 3 aromatic rings. The van der Waals surface area contributed by atoms with Crippen LogP contribution in [0.2, 0.25) is 0 Å². The molecule has 2 aromatic heterocycles. The SMILES string of the molecule is Cc1ccc(C)c(Cn2c(Br)nc3c2c(=O)n(C)c(=O)n3C)c1. The number of fused-ring (bicyclic) bond motifs is 1. The van der Waals surface area contributed by atoms with E-state index in [1.165, 1.54) is 11.6 Å². The second-order valence-electron chi connectivity index (χ2n) is 5.77. The summed E-state index contributed by atoms with van der Waals surface area (Å²) in [6.07, 6.45) is 0. The van der Waals surface area contributed by atoms with Gasteiger partial charge in [-0.05, 0) is 40.9 Å². The third-order valence-electron chi connectivity index (χ3n) is 4.13. The smallest absolute Gasteiger partial charge is 0.308 e. The highest BCUT2D eigenvalue weighted by Gasteiger charge is 2.18. The number of aromatic nitrogens is 4. The number of nitrogens with zero attached hydrogens (tertiary/aromatic N) is 4. The topological polar surface area (TPSA) is 61.8 Å². The predicted octanol–water partition coefficient (Wildman–Crippen LogP) is 1.86. The van der Waals surface area contributed by atoms with Crippen LogP contribution in [0.25, 0.3) is 11.2 Å². The molecule has 0 unspecified atom stereocenters. The lowest BCUT2D eigenvalue weighted by molar-refractivity contribution is 0.701. The Morgan fingerprint density at radius 2 is 1.83 bits per heavy atom. The van der Waals surface area contributed by atoms with Crippen LogP contribution in [0.1, 0.15) is 16.7 Å². The first-order valence-corrected chi connectivity index (χ1v) is 7.98. The molecule has 0 atom stereocenters. The zero-order valence-electron chi connectivity index (χ0n) is 13.4. The first kappa shape index (κ1) is 15.7. The Hall–Kier alpha value is -2.15. The third-order valence-corrected chi connectivity index (χ3v) is 4.74. The van der Waals surface area contributed by atoms with E-state index < -0.39 is 0 Å². The highest BCUT2D eigenvalue weighted by molar-refractivity contribution is 9.10. The van der Waals surface area contributed by atoms with Gasteiger partial charge in [0, 0.05) is 14.1 Å². The average molecular weight is 377 g/mol. The van der Waals surface area contributed by atoms with Gasteiger partial charge in [-0.25, -0.2) is 9.78 Å². The minimum atomic E-state index is -0.383. The first-order chi connectivity index (χ1) is 10.8. The fraction of sp³-hybridized carbons (Fsp3) is 0.312. The number of benzene rings is 1. The van der Waals surface area contributed by atoms with Crippen molar-refractivity contribution in [2.45, 2.75) is 20.4 Å². The van der Waals surface area contributed by atoms with Gasteiger partial charge in [0.2, 0.25) is 0 Å². The normalized spacial score (nSPS) is 11.3. The molecule has 0 N–H and O–H groups in total. The maximum atomic E-state index is 12.5. The van der Waals surface area contributed by atoms with Crippen molar-refractivity contribution >= 4 is 27.1 Å². The van der Waals surface area contributed by atoms with E-state index in [4.69, 9.17) is 0 Å². The molecular weight excluding hydrogens is 360 g/mol. The summed E-state index contributed by atoms with van der Waals surface area (Å²) < 4.78 is 4.84. The molecule has 7 heteroatoms. The van der Waals surface area contributed by atoms with Gasteiger partial charge in [-0.15, -0.1) is 0 Å². The molecule has 0 spiro atoms. The van der Waals surface area contributed by atoms with Crippen LogP contribution >= 0.6 is 15.9 Å². The van der Waals surface area contributed by atoms with Crippen LogP contribution in [-0.4, -0.2) is 18.7 Å². The van der Waals surface area contributed by atoms with Crippen LogP contribution in [0.15, 0.2) is 32.5 Å². The summed E-state index contributed by atoms with van der Waals surface area (Å²) in [6.45, 7) is 4.58. The van der Waals surface area contributed by atoms with Crippen molar-refractivity contribution in [3.8, 4) is 0 Å². The van der Waals surface area contributed by atoms with Crippen molar-refractivity contribution in [3.63, 3.8) is 0 Å². The molecule has 0 aliphatic rings. The number of halogens is 1. The van der Waals surface area contributed by atoms with Gasteiger partial charge in [-0.2, -0.15) is 0 Å². The van der Waals surface area contributed by atoms with Crippen LogP contribution in [0.4, 0.5) is 0 Å². The fourth-order valence-corrected chi connectivity index (χ4v) is 3.18. The van der Waals surface area contributed by atoms with Gasteiger partial charge in [-0.1, -0.05) is 23.8 Å². The number of rotatable bonds is 2. The van der Waals surface area contributed by atoms with Crippen molar-refractivity contribution in [2.75, 3.05) is 0 Å². The van der Waals surface area contributed by atoms with E-state index in [-0.39, 0.29) is 11.2 Å². The zero-order chi connectivity index (χ0) is 16.9. The van der Waals surface area contributed by atoms with Crippen molar-refractivity contribution in [3.05, 3.63) is 60.5 Å². The van der Waals surface area contributed by atoms with Gasteiger partial charge in [0.1, 0.15) is 0 Å². The average Bonchev–Trinajstić information content (AvgIpc) is 2.84. The van der Waals surface area contributed by atoms with Crippen molar-refractivity contribution in [1.29, 1.82) is 0 Å². The van der Waals surface area contributed by atoms with Gasteiger partial charge in [0.15, 0.2) is 15.9 Å². The lowest BCUT2D eigenvalue weighted by atomic mass is 10.1. The molecule has 0 amide bonds. The third kappa shape index (κ3) is 2.45. The molecule has 6 nitrogen and oxygen atoms in total. The van der Waals surface area contributed by atoms with Gasteiger partial charge < -0.3 is 4.57 Å². The number of hydrogen-bond donors (Lipinski definition) is 0. The lowest BCUT2D eigenvalue weighted by Crippen LogP contribution is -2.37. The Labute approximate surface area is 141 Å². The Balaban J connectivity index is 2.31. The van der Waals surface area contributed by atoms with Crippen LogP contribution in [0.5, 0.6) is 0 Å². The molecule has 3 rings (SSSR count). The summed E-state index contributed by atoms with van der Waals surface area (Å²) in [4.78, 5) is 28.9. The van der Waals surface area contributed by atoms with Crippen LogP contribution in [0, 0.1) is 13.8 Å². The standard InChI is InChI=1S/C16H17BrN4O2/c1-9-5-6-10(2)11(7-9)8-21-12-13(18-15(21)17)19(3)16(23)20(4)14(12)22/h5-7H,8H2,1-4H3. The molecule has 2 heterocycles. The molecule has 0 aliphatic carbocycles. The number of imidazole rings is 1. The minimum Gasteiger partial charge on any atom is -0.308 e. The predicted molar refractivity (Wildman–Crippen MR) is 92.9 cm³/mol. The Bertz CT molecular complexity index is 1040. The van der Waals surface area contributed by atoms with Gasteiger partial charge in [0.05, 0.1) is 6.54 Å². The summed E-state index contributed by atoms with van der Waals surface area (Å²) in [5.41, 5.74) is 3.49. The van der Waals surface area contributed by atoms with E-state index in [9.17, 15) is 9.59 Å². The van der Waals surface area contributed by atoms with E-state index in [0.717, 1.165) is 21.3 Å². The van der Waals surface area contributed by atoms with Crippen molar-refractivity contribution in [1.82, 2.24) is 18.7 Å². The van der Waals surface area contributed by atoms with Crippen LogP contribution in [-0.2, 0) is 20.6 Å². The zero-order valence-corrected chi connectivity index (χ0v) is 15.0. The molecule has 0 fully saturated rings. The van der Waals surface area contributed by atoms with Crippen molar-refractivity contribution in [2.24, 2.45) is 14.1 Å².